The summed E-state index contributed by atoms with van der Waals surface area (Å²) in [6.45, 7) is 2.84. The minimum absolute atomic E-state index is 0.312. The molecule has 168 valence electrons. The van der Waals surface area contributed by atoms with Crippen molar-refractivity contribution in [2.45, 2.75) is 45.6 Å². The summed E-state index contributed by atoms with van der Waals surface area (Å²) < 4.78 is 2.02. The minimum atomic E-state index is -0.916. The van der Waals surface area contributed by atoms with E-state index in [1.54, 1.807) is 12.1 Å². The van der Waals surface area contributed by atoms with Gasteiger partial charge in [-0.15, -0.1) is 0 Å². The van der Waals surface area contributed by atoms with Gasteiger partial charge >= 0.3 is 5.97 Å². The number of carbonyl (C=O) groups is 1. The third-order valence-electron chi connectivity index (χ3n) is 5.78. The van der Waals surface area contributed by atoms with Crippen LogP contribution < -0.4 is 0 Å². The highest BCUT2D eigenvalue weighted by molar-refractivity contribution is 5.95. The lowest BCUT2D eigenvalue weighted by molar-refractivity contribution is 0.0697. The van der Waals surface area contributed by atoms with Gasteiger partial charge in [0.1, 0.15) is 5.82 Å². The Labute approximate surface area is 194 Å². The van der Waals surface area contributed by atoms with Crippen LogP contribution in [-0.4, -0.2) is 25.8 Å². The molecule has 5 heteroatoms. The number of carboxylic acids is 1. The van der Waals surface area contributed by atoms with E-state index >= 15 is 0 Å². The van der Waals surface area contributed by atoms with Gasteiger partial charge in [-0.2, -0.15) is 5.10 Å². The molecule has 4 aromatic rings. The fourth-order valence-corrected chi connectivity index (χ4v) is 3.96. The molecule has 0 aliphatic rings. The molecule has 0 bridgehead atoms. The predicted octanol–water partition coefficient (Wildman–Crippen LogP) is 5.82. The highest BCUT2D eigenvalue weighted by atomic mass is 16.4. The van der Waals surface area contributed by atoms with E-state index in [2.05, 4.69) is 31.2 Å². The summed E-state index contributed by atoms with van der Waals surface area (Å²) in [5.41, 5.74) is 4.34. The average Bonchev–Trinajstić information content (AvgIpc) is 3.24. The number of aromatic nitrogens is 3. The van der Waals surface area contributed by atoms with E-state index < -0.39 is 5.97 Å². The van der Waals surface area contributed by atoms with E-state index in [1.165, 1.54) is 5.56 Å². The van der Waals surface area contributed by atoms with E-state index in [9.17, 15) is 9.90 Å². The molecule has 0 saturated heterocycles. The van der Waals surface area contributed by atoms with Crippen LogP contribution >= 0.6 is 0 Å². The summed E-state index contributed by atoms with van der Waals surface area (Å²) in [4.78, 5) is 16.4. The standard InChI is InChI=1S/C28H29N3O2/c1-2-3-13-27-29-26(19-16-21-9-5-4-6-10-21)30-31(27)20-22-14-17-23(18-15-22)24-11-7-8-12-25(24)28(32)33/h4-12,14-15,17-18H,2-3,13,16,19-20H2,1H3,(H,32,33). The summed E-state index contributed by atoms with van der Waals surface area (Å²) in [6.07, 6.45) is 4.86. The number of unbranched alkanes of at least 4 members (excludes halogenated alkanes) is 1. The Morgan fingerprint density at radius 1 is 0.848 bits per heavy atom. The normalized spacial score (nSPS) is 10.9. The quantitative estimate of drug-likeness (QED) is 0.338. The van der Waals surface area contributed by atoms with E-state index in [0.29, 0.717) is 12.1 Å². The SMILES string of the molecule is CCCCc1nc(CCc2ccccc2)nn1Cc1ccc(-c2ccccc2C(=O)O)cc1. The molecular weight excluding hydrogens is 410 g/mol. The molecule has 1 heterocycles. The van der Waals surface area contributed by atoms with E-state index in [-0.39, 0.29) is 0 Å². The summed E-state index contributed by atoms with van der Waals surface area (Å²) in [5.74, 6) is 0.998. The fraction of sp³-hybridized carbons (Fsp3) is 0.250. The second-order valence-corrected chi connectivity index (χ2v) is 8.24. The van der Waals surface area contributed by atoms with E-state index in [0.717, 1.165) is 60.4 Å². The van der Waals surface area contributed by atoms with Gasteiger partial charge in [0.15, 0.2) is 5.82 Å². The topological polar surface area (TPSA) is 68.0 Å². The Morgan fingerprint density at radius 2 is 1.58 bits per heavy atom. The third-order valence-corrected chi connectivity index (χ3v) is 5.78. The van der Waals surface area contributed by atoms with Crippen LogP contribution in [-0.2, 0) is 25.8 Å². The van der Waals surface area contributed by atoms with Crippen LogP contribution in [0.15, 0.2) is 78.9 Å². The van der Waals surface area contributed by atoms with Gasteiger partial charge in [0, 0.05) is 12.8 Å². The molecule has 5 nitrogen and oxygen atoms in total. The lowest BCUT2D eigenvalue weighted by atomic mass is 9.99. The van der Waals surface area contributed by atoms with Crippen LogP contribution in [0.3, 0.4) is 0 Å². The van der Waals surface area contributed by atoms with Crippen molar-refractivity contribution in [3.63, 3.8) is 0 Å². The molecule has 3 aromatic carbocycles. The van der Waals surface area contributed by atoms with Gasteiger partial charge in [-0.05, 0) is 41.2 Å². The van der Waals surface area contributed by atoms with Crippen LogP contribution in [0.25, 0.3) is 11.1 Å². The van der Waals surface area contributed by atoms with Gasteiger partial charge in [0.05, 0.1) is 12.1 Å². The summed E-state index contributed by atoms with van der Waals surface area (Å²) >= 11 is 0. The second-order valence-electron chi connectivity index (χ2n) is 8.24. The molecule has 33 heavy (non-hydrogen) atoms. The van der Waals surface area contributed by atoms with Crippen LogP contribution in [0, 0.1) is 0 Å². The molecule has 0 spiro atoms. The number of nitrogens with zero attached hydrogens (tertiary/aromatic N) is 3. The Morgan fingerprint density at radius 3 is 2.30 bits per heavy atom. The summed E-state index contributed by atoms with van der Waals surface area (Å²) in [6, 6.07) is 25.6. The molecule has 0 atom stereocenters. The monoisotopic (exact) mass is 439 g/mol. The van der Waals surface area contributed by atoms with Crippen molar-refractivity contribution < 1.29 is 9.90 Å². The molecule has 1 aromatic heterocycles. The van der Waals surface area contributed by atoms with Crippen molar-refractivity contribution in [2.24, 2.45) is 0 Å². The van der Waals surface area contributed by atoms with E-state index in [4.69, 9.17) is 10.1 Å². The zero-order valence-electron chi connectivity index (χ0n) is 18.9. The smallest absolute Gasteiger partial charge is 0.336 e. The largest absolute Gasteiger partial charge is 0.478 e. The van der Waals surface area contributed by atoms with Crippen LogP contribution in [0.2, 0.25) is 0 Å². The highest BCUT2D eigenvalue weighted by Crippen LogP contribution is 2.24. The van der Waals surface area contributed by atoms with Crippen LogP contribution in [0.1, 0.15) is 52.9 Å². The van der Waals surface area contributed by atoms with Gasteiger partial charge in [-0.25, -0.2) is 14.5 Å². The first-order valence-corrected chi connectivity index (χ1v) is 11.5. The van der Waals surface area contributed by atoms with E-state index in [1.807, 2.05) is 47.1 Å². The predicted molar refractivity (Wildman–Crippen MR) is 130 cm³/mol. The summed E-state index contributed by atoms with van der Waals surface area (Å²) in [5, 5.41) is 14.3. The van der Waals surface area contributed by atoms with Crippen LogP contribution in [0.5, 0.6) is 0 Å². The van der Waals surface area contributed by atoms with Gasteiger partial charge in [0.25, 0.3) is 0 Å². The highest BCUT2D eigenvalue weighted by Gasteiger charge is 2.13. The first kappa shape index (κ1) is 22.5. The molecule has 0 fully saturated rings. The zero-order valence-corrected chi connectivity index (χ0v) is 18.9. The number of rotatable bonds is 10. The molecular formula is C28H29N3O2. The fourth-order valence-electron chi connectivity index (χ4n) is 3.96. The Kier molecular flexibility index (Phi) is 7.30. The first-order valence-electron chi connectivity index (χ1n) is 11.5. The van der Waals surface area contributed by atoms with Crippen LogP contribution in [0.4, 0.5) is 0 Å². The molecule has 0 amide bonds. The Balaban J connectivity index is 1.51. The Hall–Kier alpha value is -3.73. The maximum atomic E-state index is 11.6. The van der Waals surface area contributed by atoms with Crippen molar-refractivity contribution in [2.75, 3.05) is 0 Å². The number of carboxylic acid groups (broad SMARTS) is 1. The van der Waals surface area contributed by atoms with Crippen molar-refractivity contribution >= 4 is 5.97 Å². The molecule has 4 rings (SSSR count). The van der Waals surface area contributed by atoms with Crippen molar-refractivity contribution in [1.29, 1.82) is 0 Å². The molecule has 1 N–H and O–H groups in total. The molecule has 0 aliphatic heterocycles. The van der Waals surface area contributed by atoms with Crippen molar-refractivity contribution in [3.05, 3.63) is 107 Å². The first-order chi connectivity index (χ1) is 16.1. The van der Waals surface area contributed by atoms with Gasteiger partial charge in [-0.3, -0.25) is 0 Å². The maximum absolute atomic E-state index is 11.6. The number of benzene rings is 3. The van der Waals surface area contributed by atoms with Gasteiger partial charge in [0.2, 0.25) is 0 Å². The molecule has 0 unspecified atom stereocenters. The molecule has 0 radical (unpaired) electrons. The number of hydrogen-bond donors (Lipinski definition) is 1. The minimum Gasteiger partial charge on any atom is -0.478 e. The van der Waals surface area contributed by atoms with Crippen molar-refractivity contribution in [1.82, 2.24) is 14.8 Å². The lowest BCUT2D eigenvalue weighted by Crippen LogP contribution is -2.07. The zero-order chi connectivity index (χ0) is 23.0. The lowest BCUT2D eigenvalue weighted by Gasteiger charge is -2.09. The number of aryl methyl sites for hydroxylation is 3. The number of aromatic carboxylic acids is 1. The maximum Gasteiger partial charge on any atom is 0.336 e. The molecule has 0 saturated carbocycles. The van der Waals surface area contributed by atoms with Gasteiger partial charge < -0.3 is 5.11 Å². The second kappa shape index (κ2) is 10.7. The number of hydrogen-bond acceptors (Lipinski definition) is 3. The molecule has 0 aliphatic carbocycles. The third kappa shape index (κ3) is 5.75. The summed E-state index contributed by atoms with van der Waals surface area (Å²) in [7, 11) is 0. The van der Waals surface area contributed by atoms with Gasteiger partial charge in [-0.1, -0.05) is 86.1 Å². The Bertz CT molecular complexity index is 1200. The van der Waals surface area contributed by atoms with Crippen molar-refractivity contribution in [3.8, 4) is 11.1 Å². The average molecular weight is 440 g/mol.